The fraction of sp³-hybridized carbons (Fsp3) is 0.455. The Hall–Kier alpha value is -2.22. The molecule has 0 saturated carbocycles. The standard InChI is InChI=1S/C22H30N4O2S/c1-25(2)12-6-11-23-21(27)22(28)24-15-19(20-9-5-14-29-20)26-13-10-17-7-3-4-8-18(17)16-26/h3-5,7-9,14,19H,6,10-13,15-16H2,1-2H3,(H,23,27)(H,24,28)/t19-/m0/s1. The van der Waals surface area contributed by atoms with E-state index in [9.17, 15) is 9.59 Å². The van der Waals surface area contributed by atoms with Gasteiger partial charge in [-0.15, -0.1) is 11.3 Å². The molecule has 3 rings (SSSR count). The summed E-state index contributed by atoms with van der Waals surface area (Å²) in [6, 6.07) is 12.7. The zero-order valence-corrected chi connectivity index (χ0v) is 18.0. The van der Waals surface area contributed by atoms with E-state index in [1.54, 1.807) is 11.3 Å². The van der Waals surface area contributed by atoms with Gasteiger partial charge in [-0.05, 0) is 56.1 Å². The second-order valence-electron chi connectivity index (χ2n) is 7.64. The van der Waals surface area contributed by atoms with Gasteiger partial charge in [0, 0.05) is 31.1 Å². The largest absolute Gasteiger partial charge is 0.348 e. The lowest BCUT2D eigenvalue weighted by Crippen LogP contribution is -2.45. The molecule has 0 unspecified atom stereocenters. The van der Waals surface area contributed by atoms with Crippen LogP contribution in [-0.2, 0) is 22.6 Å². The molecule has 7 heteroatoms. The molecule has 2 aromatic rings. The molecular weight excluding hydrogens is 384 g/mol. The highest BCUT2D eigenvalue weighted by Crippen LogP contribution is 2.29. The normalized spacial score (nSPS) is 15.0. The molecule has 0 radical (unpaired) electrons. The van der Waals surface area contributed by atoms with E-state index in [0.717, 1.165) is 32.5 Å². The Bertz CT molecular complexity index is 807. The first-order valence-corrected chi connectivity index (χ1v) is 11.0. The fourth-order valence-corrected chi connectivity index (χ4v) is 4.48. The molecule has 0 spiro atoms. The number of fused-ring (bicyclic) bond motifs is 1. The van der Waals surface area contributed by atoms with Gasteiger partial charge in [0.15, 0.2) is 0 Å². The highest BCUT2D eigenvalue weighted by molar-refractivity contribution is 7.10. The Labute approximate surface area is 176 Å². The number of rotatable bonds is 8. The Morgan fingerprint density at radius 3 is 2.59 bits per heavy atom. The average molecular weight is 415 g/mol. The zero-order valence-electron chi connectivity index (χ0n) is 17.2. The highest BCUT2D eigenvalue weighted by atomic mass is 32.1. The maximum Gasteiger partial charge on any atom is 0.309 e. The molecule has 29 heavy (non-hydrogen) atoms. The summed E-state index contributed by atoms with van der Waals surface area (Å²) in [4.78, 5) is 30.0. The van der Waals surface area contributed by atoms with Gasteiger partial charge in [0.25, 0.3) is 0 Å². The zero-order chi connectivity index (χ0) is 20.6. The summed E-state index contributed by atoms with van der Waals surface area (Å²) >= 11 is 1.69. The lowest BCUT2D eigenvalue weighted by atomic mass is 9.98. The van der Waals surface area contributed by atoms with Gasteiger partial charge in [0.1, 0.15) is 0 Å². The molecule has 2 N–H and O–H groups in total. The molecule has 0 fully saturated rings. The molecule has 6 nitrogen and oxygen atoms in total. The number of carbonyl (C=O) groups excluding carboxylic acids is 2. The summed E-state index contributed by atoms with van der Waals surface area (Å²) in [5.74, 6) is -1.12. The monoisotopic (exact) mass is 414 g/mol. The molecule has 0 aliphatic carbocycles. The van der Waals surface area contributed by atoms with Gasteiger partial charge in [-0.1, -0.05) is 30.3 Å². The van der Waals surface area contributed by atoms with Crippen LogP contribution in [0.2, 0.25) is 0 Å². The van der Waals surface area contributed by atoms with E-state index in [1.807, 2.05) is 20.2 Å². The lowest BCUT2D eigenvalue weighted by Gasteiger charge is -2.35. The highest BCUT2D eigenvalue weighted by Gasteiger charge is 2.26. The van der Waals surface area contributed by atoms with Crippen LogP contribution < -0.4 is 10.6 Å². The van der Waals surface area contributed by atoms with Crippen molar-refractivity contribution in [3.8, 4) is 0 Å². The summed E-state index contributed by atoms with van der Waals surface area (Å²) in [7, 11) is 3.97. The summed E-state index contributed by atoms with van der Waals surface area (Å²) in [5.41, 5.74) is 2.74. The van der Waals surface area contributed by atoms with Gasteiger partial charge in [0.2, 0.25) is 0 Å². The van der Waals surface area contributed by atoms with Crippen molar-refractivity contribution in [2.24, 2.45) is 0 Å². The Morgan fingerprint density at radius 2 is 1.86 bits per heavy atom. The van der Waals surface area contributed by atoms with Crippen LogP contribution in [0, 0.1) is 0 Å². The quantitative estimate of drug-likeness (QED) is 0.513. The number of hydrogen-bond acceptors (Lipinski definition) is 5. The molecule has 156 valence electrons. The maximum absolute atomic E-state index is 12.3. The molecule has 0 saturated heterocycles. The summed E-state index contributed by atoms with van der Waals surface area (Å²) < 4.78 is 0. The van der Waals surface area contributed by atoms with E-state index in [0.29, 0.717) is 13.1 Å². The van der Waals surface area contributed by atoms with Crippen LogP contribution >= 0.6 is 11.3 Å². The number of carbonyl (C=O) groups is 2. The van der Waals surface area contributed by atoms with Gasteiger partial charge in [-0.2, -0.15) is 0 Å². The summed E-state index contributed by atoms with van der Waals surface area (Å²) in [6.45, 7) is 3.59. The molecule has 1 aromatic carbocycles. The summed E-state index contributed by atoms with van der Waals surface area (Å²) in [5, 5.41) is 7.60. The third kappa shape index (κ3) is 6.13. The minimum atomic E-state index is -0.561. The second kappa shape index (κ2) is 10.5. The van der Waals surface area contributed by atoms with Crippen molar-refractivity contribution >= 4 is 23.2 Å². The third-order valence-corrected chi connectivity index (χ3v) is 6.18. The van der Waals surface area contributed by atoms with Gasteiger partial charge < -0.3 is 15.5 Å². The molecule has 2 heterocycles. The van der Waals surface area contributed by atoms with E-state index in [-0.39, 0.29) is 6.04 Å². The topological polar surface area (TPSA) is 64.7 Å². The molecule has 0 bridgehead atoms. The third-order valence-electron chi connectivity index (χ3n) is 5.20. The minimum Gasteiger partial charge on any atom is -0.348 e. The first kappa shape index (κ1) is 21.5. The van der Waals surface area contributed by atoms with Crippen molar-refractivity contribution < 1.29 is 9.59 Å². The van der Waals surface area contributed by atoms with Crippen molar-refractivity contribution in [2.45, 2.75) is 25.4 Å². The Balaban J connectivity index is 1.56. The fourth-order valence-electron chi connectivity index (χ4n) is 3.62. The van der Waals surface area contributed by atoms with Gasteiger partial charge in [-0.25, -0.2) is 0 Å². The molecular formula is C22H30N4O2S. The Kier molecular flexibility index (Phi) is 7.80. The van der Waals surface area contributed by atoms with Crippen LogP contribution in [0.1, 0.15) is 28.5 Å². The average Bonchev–Trinajstić information content (AvgIpc) is 3.25. The van der Waals surface area contributed by atoms with E-state index >= 15 is 0 Å². The van der Waals surface area contributed by atoms with Crippen LogP contribution in [-0.4, -0.2) is 61.9 Å². The van der Waals surface area contributed by atoms with E-state index < -0.39 is 11.8 Å². The molecule has 2 amide bonds. The van der Waals surface area contributed by atoms with Crippen LogP contribution in [0.3, 0.4) is 0 Å². The number of thiophene rings is 1. The van der Waals surface area contributed by atoms with Crippen molar-refractivity contribution in [1.29, 1.82) is 0 Å². The van der Waals surface area contributed by atoms with Crippen LogP contribution in [0.15, 0.2) is 41.8 Å². The number of nitrogens with zero attached hydrogens (tertiary/aromatic N) is 2. The van der Waals surface area contributed by atoms with Crippen LogP contribution in [0.25, 0.3) is 0 Å². The van der Waals surface area contributed by atoms with Crippen molar-refractivity contribution in [3.63, 3.8) is 0 Å². The molecule has 1 aliphatic rings. The SMILES string of the molecule is CN(C)CCCNC(=O)C(=O)NC[C@@H](c1cccs1)N1CCc2ccccc2C1. The van der Waals surface area contributed by atoms with E-state index in [4.69, 9.17) is 0 Å². The van der Waals surface area contributed by atoms with Crippen molar-refractivity contribution in [3.05, 3.63) is 57.8 Å². The molecule has 1 atom stereocenters. The lowest BCUT2D eigenvalue weighted by molar-refractivity contribution is -0.139. The van der Waals surface area contributed by atoms with Gasteiger partial charge >= 0.3 is 11.8 Å². The Morgan fingerprint density at radius 1 is 1.10 bits per heavy atom. The minimum absolute atomic E-state index is 0.0637. The van der Waals surface area contributed by atoms with Crippen molar-refractivity contribution in [2.75, 3.05) is 40.3 Å². The first-order chi connectivity index (χ1) is 14.0. The number of benzene rings is 1. The first-order valence-electron chi connectivity index (χ1n) is 10.1. The predicted molar refractivity (Wildman–Crippen MR) is 117 cm³/mol. The molecule has 1 aromatic heterocycles. The van der Waals surface area contributed by atoms with Crippen LogP contribution in [0.4, 0.5) is 0 Å². The van der Waals surface area contributed by atoms with Crippen molar-refractivity contribution in [1.82, 2.24) is 20.4 Å². The maximum atomic E-state index is 12.3. The van der Waals surface area contributed by atoms with E-state index in [2.05, 4.69) is 56.1 Å². The molecule has 1 aliphatic heterocycles. The smallest absolute Gasteiger partial charge is 0.309 e. The van der Waals surface area contributed by atoms with Gasteiger partial charge in [0.05, 0.1) is 6.04 Å². The predicted octanol–water partition coefficient (Wildman–Crippen LogP) is 2.03. The van der Waals surface area contributed by atoms with E-state index in [1.165, 1.54) is 16.0 Å². The summed E-state index contributed by atoms with van der Waals surface area (Å²) in [6.07, 6.45) is 1.81. The second-order valence-corrected chi connectivity index (χ2v) is 8.62. The number of amides is 2. The number of hydrogen-bond donors (Lipinski definition) is 2. The van der Waals surface area contributed by atoms with Crippen LogP contribution in [0.5, 0.6) is 0 Å². The number of nitrogens with one attached hydrogen (secondary N) is 2. The van der Waals surface area contributed by atoms with Gasteiger partial charge in [-0.3, -0.25) is 14.5 Å².